The van der Waals surface area contributed by atoms with Gasteiger partial charge in [-0.2, -0.15) is 10.2 Å². The van der Waals surface area contributed by atoms with E-state index in [0.717, 1.165) is 38.3 Å². The normalized spacial score (nSPS) is 10.9. The van der Waals surface area contributed by atoms with Crippen molar-refractivity contribution in [3.05, 3.63) is 35.9 Å². The molecule has 0 aliphatic carbocycles. The predicted molar refractivity (Wildman–Crippen MR) is 87.4 cm³/mol. The Labute approximate surface area is 133 Å². The molecule has 0 saturated carbocycles. The van der Waals surface area contributed by atoms with E-state index in [4.69, 9.17) is 0 Å². The molecule has 0 aromatic carbocycles. The van der Waals surface area contributed by atoms with Crippen molar-refractivity contribution in [2.45, 2.75) is 53.4 Å². The smallest absolute Gasteiger partial charge is 0.0762 e. The third kappa shape index (κ3) is 5.89. The van der Waals surface area contributed by atoms with Gasteiger partial charge in [0.2, 0.25) is 0 Å². The molecule has 2 aromatic rings. The zero-order valence-electron chi connectivity index (χ0n) is 13.1. The number of nitrogens with one attached hydrogen (secondary N) is 1. The quantitative estimate of drug-likeness (QED) is 0.815. The maximum atomic E-state index is 4.55. The van der Waals surface area contributed by atoms with Crippen LogP contribution in [0.5, 0.6) is 0 Å². The molecule has 5 nitrogen and oxygen atoms in total. The van der Waals surface area contributed by atoms with E-state index in [1.165, 1.54) is 5.56 Å². The van der Waals surface area contributed by atoms with Crippen LogP contribution in [0, 0.1) is 5.92 Å². The third-order valence-electron chi connectivity index (χ3n) is 3.02. The van der Waals surface area contributed by atoms with Gasteiger partial charge in [0.15, 0.2) is 0 Å². The molecular formula is C15H26ClN5. The van der Waals surface area contributed by atoms with Crippen molar-refractivity contribution in [1.82, 2.24) is 24.9 Å². The first kappa shape index (κ1) is 17.7. The number of aromatic nitrogens is 4. The molecule has 2 rings (SSSR count). The van der Waals surface area contributed by atoms with Crippen LogP contribution >= 0.6 is 12.4 Å². The highest BCUT2D eigenvalue weighted by atomic mass is 35.5. The van der Waals surface area contributed by atoms with Gasteiger partial charge in [-0.25, -0.2) is 0 Å². The highest BCUT2D eigenvalue weighted by Gasteiger charge is 2.02. The lowest BCUT2D eigenvalue weighted by molar-refractivity contribution is 0.477. The maximum Gasteiger partial charge on any atom is 0.0762 e. The molecule has 0 saturated heterocycles. The summed E-state index contributed by atoms with van der Waals surface area (Å²) < 4.78 is 4.01. The second kappa shape index (κ2) is 8.85. The van der Waals surface area contributed by atoms with Crippen molar-refractivity contribution in [1.29, 1.82) is 0 Å². The Hall–Kier alpha value is -1.33. The number of nitrogens with zero attached hydrogens (tertiary/aromatic N) is 4. The highest BCUT2D eigenvalue weighted by Crippen LogP contribution is 2.02. The van der Waals surface area contributed by atoms with Crippen LogP contribution in [0.15, 0.2) is 24.7 Å². The van der Waals surface area contributed by atoms with Crippen molar-refractivity contribution >= 4 is 12.4 Å². The molecule has 0 aliphatic rings. The molecule has 21 heavy (non-hydrogen) atoms. The Kier molecular flexibility index (Phi) is 7.47. The monoisotopic (exact) mass is 311 g/mol. The molecule has 0 atom stereocenters. The second-order valence-corrected chi connectivity index (χ2v) is 5.64. The first-order valence-corrected chi connectivity index (χ1v) is 7.41. The molecule has 0 bridgehead atoms. The van der Waals surface area contributed by atoms with Crippen molar-refractivity contribution in [2.24, 2.45) is 5.92 Å². The molecule has 0 unspecified atom stereocenters. The van der Waals surface area contributed by atoms with Crippen LogP contribution in [0.3, 0.4) is 0 Å². The number of hydrogen-bond donors (Lipinski definition) is 1. The van der Waals surface area contributed by atoms with Gasteiger partial charge >= 0.3 is 0 Å². The van der Waals surface area contributed by atoms with E-state index < -0.39 is 0 Å². The number of aryl methyl sites for hydroxylation is 1. The van der Waals surface area contributed by atoms with Crippen LogP contribution < -0.4 is 5.32 Å². The molecular weight excluding hydrogens is 286 g/mol. The fraction of sp³-hybridized carbons (Fsp3) is 0.600. The van der Waals surface area contributed by atoms with Crippen LogP contribution in [0.2, 0.25) is 0 Å². The van der Waals surface area contributed by atoms with E-state index in [2.05, 4.69) is 54.7 Å². The summed E-state index contributed by atoms with van der Waals surface area (Å²) in [4.78, 5) is 0. The Morgan fingerprint density at radius 1 is 1.24 bits per heavy atom. The van der Waals surface area contributed by atoms with Gasteiger partial charge in [-0.05, 0) is 18.4 Å². The molecule has 0 aliphatic heterocycles. The van der Waals surface area contributed by atoms with E-state index >= 15 is 0 Å². The molecule has 0 spiro atoms. The summed E-state index contributed by atoms with van der Waals surface area (Å²) in [6, 6.07) is 2.08. The van der Waals surface area contributed by atoms with Gasteiger partial charge in [0.25, 0.3) is 0 Å². The maximum absolute atomic E-state index is 4.55. The van der Waals surface area contributed by atoms with Crippen molar-refractivity contribution in [2.75, 3.05) is 0 Å². The van der Waals surface area contributed by atoms with Gasteiger partial charge in [-0.15, -0.1) is 12.4 Å². The van der Waals surface area contributed by atoms with Crippen molar-refractivity contribution in [3.63, 3.8) is 0 Å². The minimum Gasteiger partial charge on any atom is -0.307 e. The summed E-state index contributed by atoms with van der Waals surface area (Å²) in [6.45, 7) is 10.2. The molecule has 6 heteroatoms. The van der Waals surface area contributed by atoms with E-state index in [1.54, 1.807) is 0 Å². The zero-order chi connectivity index (χ0) is 14.4. The zero-order valence-corrected chi connectivity index (χ0v) is 13.9. The Balaban J connectivity index is 0.00000220. The highest BCUT2D eigenvalue weighted by molar-refractivity contribution is 5.85. The minimum absolute atomic E-state index is 0. The minimum atomic E-state index is 0. The van der Waals surface area contributed by atoms with E-state index in [-0.39, 0.29) is 12.4 Å². The summed E-state index contributed by atoms with van der Waals surface area (Å²) in [5.74, 6) is 0.625. The lowest BCUT2D eigenvalue weighted by Crippen LogP contribution is -2.13. The molecule has 0 fully saturated rings. The summed E-state index contributed by atoms with van der Waals surface area (Å²) in [7, 11) is 0. The molecule has 0 radical (unpaired) electrons. The number of halogens is 1. The number of rotatable bonds is 8. The first-order chi connectivity index (χ1) is 9.67. The van der Waals surface area contributed by atoms with Gasteiger partial charge < -0.3 is 5.32 Å². The predicted octanol–water partition coefficient (Wildman–Crippen LogP) is 2.86. The van der Waals surface area contributed by atoms with Crippen LogP contribution in [0.4, 0.5) is 0 Å². The Morgan fingerprint density at radius 3 is 2.76 bits per heavy atom. The average Bonchev–Trinajstić information content (AvgIpc) is 2.99. The van der Waals surface area contributed by atoms with Gasteiger partial charge in [0.05, 0.1) is 11.9 Å². The van der Waals surface area contributed by atoms with Crippen LogP contribution in [0.25, 0.3) is 0 Å². The summed E-state index contributed by atoms with van der Waals surface area (Å²) in [6.07, 6.45) is 7.20. The fourth-order valence-electron chi connectivity index (χ4n) is 2.16. The van der Waals surface area contributed by atoms with Gasteiger partial charge in [-0.3, -0.25) is 9.36 Å². The van der Waals surface area contributed by atoms with Gasteiger partial charge in [-0.1, -0.05) is 20.8 Å². The molecule has 2 aromatic heterocycles. The first-order valence-electron chi connectivity index (χ1n) is 7.41. The van der Waals surface area contributed by atoms with E-state index in [0.29, 0.717) is 5.92 Å². The third-order valence-corrected chi connectivity index (χ3v) is 3.02. The number of hydrogen-bond acceptors (Lipinski definition) is 3. The lowest BCUT2D eigenvalue weighted by atomic mass is 10.2. The largest absolute Gasteiger partial charge is 0.307 e. The van der Waals surface area contributed by atoms with Crippen LogP contribution in [-0.2, 0) is 26.2 Å². The molecule has 2 heterocycles. The van der Waals surface area contributed by atoms with Gasteiger partial charge in [0, 0.05) is 44.1 Å². The fourth-order valence-corrected chi connectivity index (χ4v) is 2.16. The van der Waals surface area contributed by atoms with E-state index in [9.17, 15) is 0 Å². The SMILES string of the molecule is CCCn1cc(CNCc2ccn(CC(C)C)n2)cn1.Cl. The summed E-state index contributed by atoms with van der Waals surface area (Å²) in [5.41, 5.74) is 2.31. The molecule has 0 amide bonds. The lowest BCUT2D eigenvalue weighted by Gasteiger charge is -2.04. The van der Waals surface area contributed by atoms with Crippen LogP contribution in [-0.4, -0.2) is 19.6 Å². The van der Waals surface area contributed by atoms with Crippen LogP contribution in [0.1, 0.15) is 38.4 Å². The topological polar surface area (TPSA) is 47.7 Å². The molecule has 1 N–H and O–H groups in total. The second-order valence-electron chi connectivity index (χ2n) is 5.64. The average molecular weight is 312 g/mol. The van der Waals surface area contributed by atoms with Crippen molar-refractivity contribution in [3.8, 4) is 0 Å². The van der Waals surface area contributed by atoms with Gasteiger partial charge in [0.1, 0.15) is 0 Å². The summed E-state index contributed by atoms with van der Waals surface area (Å²) in [5, 5.41) is 12.3. The Bertz CT molecular complexity index is 518. The van der Waals surface area contributed by atoms with Crippen molar-refractivity contribution < 1.29 is 0 Å². The standard InChI is InChI=1S/C15H25N5.ClH/c1-4-6-19-12-14(9-17-19)8-16-10-15-5-7-20(18-15)11-13(2)3;/h5,7,9,12-13,16H,4,6,8,10-11H2,1-3H3;1H. The Morgan fingerprint density at radius 2 is 2.05 bits per heavy atom. The van der Waals surface area contributed by atoms with E-state index in [1.807, 2.05) is 15.6 Å². The molecule has 118 valence electrons. The summed E-state index contributed by atoms with van der Waals surface area (Å²) >= 11 is 0.